The number of rotatable bonds is 5. The molecule has 0 saturated carbocycles. The number of thioether (sulfide) groups is 1. The Balaban J connectivity index is 1.44. The van der Waals surface area contributed by atoms with Crippen LogP contribution in [0.3, 0.4) is 0 Å². The Hall–Kier alpha value is -3.06. The van der Waals surface area contributed by atoms with Crippen LogP contribution in [0.15, 0.2) is 41.3 Å². The Morgan fingerprint density at radius 2 is 1.73 bits per heavy atom. The molecule has 0 aliphatic carbocycles. The molecule has 0 radical (unpaired) electrons. The Morgan fingerprint density at radius 3 is 2.42 bits per heavy atom. The van der Waals surface area contributed by atoms with Crippen LogP contribution in [0, 0.1) is 20.8 Å². The van der Waals surface area contributed by atoms with E-state index in [9.17, 15) is 14.4 Å². The van der Waals surface area contributed by atoms with Crippen molar-refractivity contribution in [1.82, 2.24) is 4.90 Å². The summed E-state index contributed by atoms with van der Waals surface area (Å²) in [6.45, 7) is 7.82. The lowest BCUT2D eigenvalue weighted by Crippen LogP contribution is -2.36. The molecule has 2 saturated heterocycles. The molecule has 2 fully saturated rings. The lowest BCUT2D eigenvalue weighted by Gasteiger charge is -2.29. The van der Waals surface area contributed by atoms with E-state index in [0.717, 1.165) is 52.0 Å². The lowest BCUT2D eigenvalue weighted by molar-refractivity contribution is -0.127. The van der Waals surface area contributed by atoms with Crippen LogP contribution in [-0.4, -0.2) is 41.6 Å². The van der Waals surface area contributed by atoms with Gasteiger partial charge in [0.25, 0.3) is 11.1 Å². The third-order valence-electron chi connectivity index (χ3n) is 6.23. The number of carbonyl (C=O) groups is 3. The van der Waals surface area contributed by atoms with Gasteiger partial charge in [-0.3, -0.25) is 19.3 Å². The third-order valence-corrected chi connectivity index (χ3v) is 7.13. The molecule has 33 heavy (non-hydrogen) atoms. The summed E-state index contributed by atoms with van der Waals surface area (Å²) in [6.07, 6.45) is 5.46. The number of hydrogen-bond acceptors (Lipinski definition) is 5. The first-order valence-corrected chi connectivity index (χ1v) is 12.1. The van der Waals surface area contributed by atoms with Gasteiger partial charge in [0, 0.05) is 24.5 Å². The molecule has 2 aliphatic rings. The van der Waals surface area contributed by atoms with Crippen LogP contribution in [-0.2, 0) is 9.59 Å². The number of nitrogens with one attached hydrogen (secondary N) is 1. The maximum absolute atomic E-state index is 12.9. The molecule has 0 unspecified atom stereocenters. The minimum Gasteiger partial charge on any atom is -0.372 e. The second-order valence-electron chi connectivity index (χ2n) is 8.70. The highest BCUT2D eigenvalue weighted by Gasteiger charge is 2.36. The van der Waals surface area contributed by atoms with Crippen molar-refractivity contribution in [3.05, 3.63) is 63.6 Å². The molecular weight excluding hydrogens is 434 g/mol. The van der Waals surface area contributed by atoms with Crippen molar-refractivity contribution >= 4 is 46.3 Å². The summed E-state index contributed by atoms with van der Waals surface area (Å²) in [5.74, 6) is -0.830. The zero-order chi connectivity index (χ0) is 23.5. The highest BCUT2D eigenvalue weighted by atomic mass is 32.2. The molecule has 2 aromatic carbocycles. The normalized spacial score (nSPS) is 17.7. The zero-order valence-electron chi connectivity index (χ0n) is 19.3. The van der Waals surface area contributed by atoms with Gasteiger partial charge in [0.1, 0.15) is 6.54 Å². The average molecular weight is 464 g/mol. The van der Waals surface area contributed by atoms with Gasteiger partial charge in [0.15, 0.2) is 0 Å². The van der Waals surface area contributed by atoms with Gasteiger partial charge in [0.05, 0.1) is 4.91 Å². The predicted molar refractivity (Wildman–Crippen MR) is 134 cm³/mol. The average Bonchev–Trinajstić information content (AvgIpc) is 3.05. The van der Waals surface area contributed by atoms with E-state index in [1.807, 2.05) is 45.0 Å². The summed E-state index contributed by atoms with van der Waals surface area (Å²) in [7, 11) is 0. The van der Waals surface area contributed by atoms with Gasteiger partial charge >= 0.3 is 0 Å². The quantitative estimate of drug-likeness (QED) is 0.611. The second kappa shape index (κ2) is 9.83. The number of piperidine rings is 1. The van der Waals surface area contributed by atoms with Gasteiger partial charge in [-0.25, -0.2) is 0 Å². The van der Waals surface area contributed by atoms with Crippen molar-refractivity contribution in [3.8, 4) is 0 Å². The summed E-state index contributed by atoms with van der Waals surface area (Å²) in [5, 5.41) is 2.34. The summed E-state index contributed by atoms with van der Waals surface area (Å²) in [6, 6.07) is 11.8. The molecule has 0 bridgehead atoms. The first kappa shape index (κ1) is 23.1. The van der Waals surface area contributed by atoms with E-state index in [1.54, 1.807) is 6.08 Å². The molecule has 2 aliphatic heterocycles. The Labute approximate surface area is 199 Å². The number of imide groups is 1. The highest BCUT2D eigenvalue weighted by Crippen LogP contribution is 2.33. The first-order chi connectivity index (χ1) is 15.8. The summed E-state index contributed by atoms with van der Waals surface area (Å²) >= 11 is 0.878. The predicted octanol–water partition coefficient (Wildman–Crippen LogP) is 5.28. The van der Waals surface area contributed by atoms with Gasteiger partial charge in [-0.15, -0.1) is 0 Å². The van der Waals surface area contributed by atoms with Crippen LogP contribution in [0.5, 0.6) is 0 Å². The number of amides is 3. The maximum Gasteiger partial charge on any atom is 0.294 e. The topological polar surface area (TPSA) is 69.7 Å². The molecule has 2 heterocycles. The fourth-order valence-electron chi connectivity index (χ4n) is 4.11. The second-order valence-corrected chi connectivity index (χ2v) is 9.70. The fourth-order valence-corrected chi connectivity index (χ4v) is 4.94. The number of aryl methyl sites for hydroxylation is 3. The highest BCUT2D eigenvalue weighted by molar-refractivity contribution is 8.18. The van der Waals surface area contributed by atoms with Crippen molar-refractivity contribution in [2.24, 2.45) is 0 Å². The van der Waals surface area contributed by atoms with Gasteiger partial charge in [-0.2, -0.15) is 0 Å². The summed E-state index contributed by atoms with van der Waals surface area (Å²) in [5.41, 5.74) is 5.99. The monoisotopic (exact) mass is 463 g/mol. The number of nitrogens with zero attached hydrogens (tertiary/aromatic N) is 2. The van der Waals surface area contributed by atoms with E-state index in [1.165, 1.54) is 24.9 Å². The van der Waals surface area contributed by atoms with Gasteiger partial charge in [0.2, 0.25) is 5.91 Å². The number of hydrogen-bond donors (Lipinski definition) is 1. The van der Waals surface area contributed by atoms with E-state index in [0.29, 0.717) is 10.6 Å². The van der Waals surface area contributed by atoms with Crippen LogP contribution in [0.1, 0.15) is 41.5 Å². The van der Waals surface area contributed by atoms with Gasteiger partial charge < -0.3 is 10.2 Å². The molecule has 0 aromatic heterocycles. The summed E-state index contributed by atoms with van der Waals surface area (Å²) < 4.78 is 0. The molecule has 3 amide bonds. The van der Waals surface area contributed by atoms with Gasteiger partial charge in [-0.05, 0) is 104 Å². The molecule has 1 N–H and O–H groups in total. The van der Waals surface area contributed by atoms with Gasteiger partial charge in [-0.1, -0.05) is 12.1 Å². The van der Waals surface area contributed by atoms with E-state index >= 15 is 0 Å². The van der Waals surface area contributed by atoms with E-state index in [4.69, 9.17) is 0 Å². The fraction of sp³-hybridized carbons (Fsp3) is 0.346. The minimum absolute atomic E-state index is 0.304. The number of benzene rings is 2. The molecule has 4 rings (SSSR count). The number of carbonyl (C=O) groups excluding carboxylic acids is 3. The molecule has 0 atom stereocenters. The SMILES string of the molecule is Cc1ccc(NC(=O)CN2C(=O)S/C(=C/c3ccc(N4CCCCC4)cc3C)C2=O)cc1C. The molecule has 2 aromatic rings. The van der Waals surface area contributed by atoms with E-state index < -0.39 is 17.1 Å². The smallest absolute Gasteiger partial charge is 0.294 e. The van der Waals surface area contributed by atoms with Crippen molar-refractivity contribution in [1.29, 1.82) is 0 Å². The van der Waals surface area contributed by atoms with Crippen molar-refractivity contribution in [2.75, 3.05) is 29.9 Å². The Bertz CT molecular complexity index is 1140. The first-order valence-electron chi connectivity index (χ1n) is 11.3. The third kappa shape index (κ3) is 5.30. The maximum atomic E-state index is 12.9. The zero-order valence-corrected chi connectivity index (χ0v) is 20.1. The molecule has 7 heteroatoms. The van der Waals surface area contributed by atoms with E-state index in [2.05, 4.69) is 22.3 Å². The van der Waals surface area contributed by atoms with E-state index in [-0.39, 0.29) is 6.54 Å². The summed E-state index contributed by atoms with van der Waals surface area (Å²) in [4.78, 5) is 41.5. The standard InChI is InChI=1S/C26H29N3O3S/c1-17-7-9-21(13-18(17)2)27-24(30)16-29-25(31)23(33-26(29)32)15-20-8-10-22(14-19(20)3)28-11-5-4-6-12-28/h7-10,13-15H,4-6,11-12,16H2,1-3H3,(H,27,30)/b23-15+. The van der Waals surface area contributed by atoms with Crippen molar-refractivity contribution < 1.29 is 14.4 Å². The molecule has 6 nitrogen and oxygen atoms in total. The molecule has 0 spiro atoms. The molecular formula is C26H29N3O3S. The molecule has 172 valence electrons. The number of anilines is 2. The lowest BCUT2D eigenvalue weighted by atomic mass is 10.0. The van der Waals surface area contributed by atoms with Crippen LogP contribution in [0.2, 0.25) is 0 Å². The van der Waals surface area contributed by atoms with Crippen LogP contribution < -0.4 is 10.2 Å². The van der Waals surface area contributed by atoms with Crippen molar-refractivity contribution in [3.63, 3.8) is 0 Å². The van der Waals surface area contributed by atoms with Crippen LogP contribution in [0.4, 0.5) is 16.2 Å². The Morgan fingerprint density at radius 1 is 0.970 bits per heavy atom. The van der Waals surface area contributed by atoms with Crippen LogP contribution >= 0.6 is 11.8 Å². The van der Waals surface area contributed by atoms with Crippen molar-refractivity contribution in [2.45, 2.75) is 40.0 Å². The largest absolute Gasteiger partial charge is 0.372 e. The Kier molecular flexibility index (Phi) is 6.88. The van der Waals surface area contributed by atoms with Crippen LogP contribution in [0.25, 0.3) is 6.08 Å². The minimum atomic E-state index is -0.431.